The van der Waals surface area contributed by atoms with Crippen LogP contribution in [0.2, 0.25) is 0 Å². The number of hydrogen-bond donors (Lipinski definition) is 1. The third-order valence-corrected chi connectivity index (χ3v) is 4.56. The highest BCUT2D eigenvalue weighted by Crippen LogP contribution is 2.24. The second kappa shape index (κ2) is 4.63. The molecule has 0 radical (unpaired) electrons. The second-order valence-corrected chi connectivity index (χ2v) is 5.46. The van der Waals surface area contributed by atoms with Gasteiger partial charge in [0.25, 0.3) is 0 Å². The predicted octanol–water partition coefficient (Wildman–Crippen LogP) is 3.98. The monoisotopic (exact) mass is 302 g/mol. The van der Waals surface area contributed by atoms with Crippen molar-refractivity contribution in [1.82, 2.24) is 9.55 Å². The topological polar surface area (TPSA) is 20.7 Å². The van der Waals surface area contributed by atoms with Gasteiger partial charge in [0.15, 0.2) is 4.77 Å². The molecule has 0 aliphatic rings. The summed E-state index contributed by atoms with van der Waals surface area (Å²) < 4.78 is 4.11. The fourth-order valence-electron chi connectivity index (χ4n) is 1.48. The summed E-state index contributed by atoms with van der Waals surface area (Å²) in [5, 5.41) is 2.08. The third-order valence-electron chi connectivity index (χ3n) is 2.31. The number of halogens is 1. The Morgan fingerprint density at radius 1 is 1.60 bits per heavy atom. The van der Waals surface area contributed by atoms with E-state index in [1.54, 1.807) is 11.3 Å². The predicted molar refractivity (Wildman–Crippen MR) is 70.1 cm³/mol. The van der Waals surface area contributed by atoms with Crippen LogP contribution in [-0.2, 0) is 13.0 Å². The highest BCUT2D eigenvalue weighted by molar-refractivity contribution is 9.10. The molecule has 2 nitrogen and oxygen atoms in total. The lowest BCUT2D eigenvalue weighted by Crippen LogP contribution is -2.02. The average molecular weight is 303 g/mol. The number of nitrogens with one attached hydrogen (secondary N) is 1. The van der Waals surface area contributed by atoms with Crippen LogP contribution in [0.4, 0.5) is 0 Å². The van der Waals surface area contributed by atoms with E-state index in [0.29, 0.717) is 0 Å². The maximum Gasteiger partial charge on any atom is 0.177 e. The first-order valence-corrected chi connectivity index (χ1v) is 6.79. The van der Waals surface area contributed by atoms with Gasteiger partial charge in [0, 0.05) is 21.2 Å². The van der Waals surface area contributed by atoms with Crippen molar-refractivity contribution in [2.24, 2.45) is 0 Å². The van der Waals surface area contributed by atoms with Gasteiger partial charge < -0.3 is 9.55 Å². The number of H-pyrrole nitrogens is 1. The first-order valence-electron chi connectivity index (χ1n) is 4.71. The van der Waals surface area contributed by atoms with Crippen LogP contribution in [0.5, 0.6) is 0 Å². The Morgan fingerprint density at radius 3 is 3.00 bits per heavy atom. The zero-order valence-corrected chi connectivity index (χ0v) is 11.5. The normalized spacial score (nSPS) is 10.8. The number of imidazole rings is 1. The number of thiophene rings is 1. The van der Waals surface area contributed by atoms with Gasteiger partial charge in [-0.2, -0.15) is 0 Å². The summed E-state index contributed by atoms with van der Waals surface area (Å²) in [6, 6.07) is 2.07. The molecule has 0 spiro atoms. The van der Waals surface area contributed by atoms with Crippen molar-refractivity contribution in [2.45, 2.75) is 19.9 Å². The van der Waals surface area contributed by atoms with Crippen molar-refractivity contribution >= 4 is 39.5 Å². The van der Waals surface area contributed by atoms with Gasteiger partial charge in [0.1, 0.15) is 0 Å². The number of hydrogen-bond acceptors (Lipinski definition) is 2. The molecule has 0 amide bonds. The Morgan fingerprint density at radius 2 is 2.40 bits per heavy atom. The Balaban J connectivity index is 2.35. The maximum absolute atomic E-state index is 5.25. The zero-order chi connectivity index (χ0) is 10.8. The molecular weight excluding hydrogens is 292 g/mol. The smallest absolute Gasteiger partial charge is 0.177 e. The van der Waals surface area contributed by atoms with E-state index in [0.717, 1.165) is 22.2 Å². The standard InChI is InChI=1S/C10H11BrN2S2/c1-2-7-5-12-10(14)13(7)6-9-8(11)3-4-15-9/h3-5H,2,6H2,1H3,(H,12,14). The minimum Gasteiger partial charge on any atom is -0.337 e. The lowest BCUT2D eigenvalue weighted by Gasteiger charge is -2.05. The van der Waals surface area contributed by atoms with Crippen molar-refractivity contribution < 1.29 is 0 Å². The molecule has 2 aromatic rings. The SMILES string of the molecule is CCc1c[nH]c(=S)n1Cc1sccc1Br. The van der Waals surface area contributed by atoms with Gasteiger partial charge in [-0.15, -0.1) is 11.3 Å². The first kappa shape index (κ1) is 11.1. The highest BCUT2D eigenvalue weighted by Gasteiger charge is 2.06. The summed E-state index contributed by atoms with van der Waals surface area (Å²) in [6.45, 7) is 2.99. The molecule has 0 bridgehead atoms. The summed E-state index contributed by atoms with van der Waals surface area (Å²) >= 11 is 10.5. The van der Waals surface area contributed by atoms with E-state index >= 15 is 0 Å². The molecule has 5 heteroatoms. The average Bonchev–Trinajstić information content (AvgIpc) is 2.77. The van der Waals surface area contributed by atoms with E-state index in [9.17, 15) is 0 Å². The molecule has 0 saturated heterocycles. The molecule has 0 unspecified atom stereocenters. The number of aromatic amines is 1. The number of aryl methyl sites for hydroxylation is 1. The first-order chi connectivity index (χ1) is 7.22. The fourth-order valence-corrected chi connectivity index (χ4v) is 3.19. The number of aromatic nitrogens is 2. The Hall–Kier alpha value is -0.390. The van der Waals surface area contributed by atoms with E-state index in [-0.39, 0.29) is 0 Å². The van der Waals surface area contributed by atoms with Crippen LogP contribution in [0, 0.1) is 4.77 Å². The summed E-state index contributed by atoms with van der Waals surface area (Å²) in [6.07, 6.45) is 2.99. The van der Waals surface area contributed by atoms with Crippen LogP contribution in [0.15, 0.2) is 22.1 Å². The number of nitrogens with zero attached hydrogens (tertiary/aromatic N) is 1. The second-order valence-electron chi connectivity index (χ2n) is 3.22. The molecule has 1 N–H and O–H groups in total. The van der Waals surface area contributed by atoms with Crippen LogP contribution < -0.4 is 0 Å². The van der Waals surface area contributed by atoms with E-state index in [4.69, 9.17) is 12.2 Å². The van der Waals surface area contributed by atoms with E-state index < -0.39 is 0 Å². The molecule has 0 atom stereocenters. The van der Waals surface area contributed by atoms with Gasteiger partial charge in [-0.1, -0.05) is 6.92 Å². The maximum atomic E-state index is 5.25. The van der Waals surface area contributed by atoms with Gasteiger partial charge in [-0.25, -0.2) is 0 Å². The lowest BCUT2D eigenvalue weighted by molar-refractivity contribution is 0.743. The van der Waals surface area contributed by atoms with Gasteiger partial charge in [0.2, 0.25) is 0 Å². The summed E-state index contributed by atoms with van der Waals surface area (Å²) in [5.41, 5.74) is 1.25. The van der Waals surface area contributed by atoms with E-state index in [2.05, 4.69) is 43.9 Å². The van der Waals surface area contributed by atoms with Crippen LogP contribution in [0.1, 0.15) is 17.5 Å². The van der Waals surface area contributed by atoms with Crippen LogP contribution >= 0.6 is 39.5 Å². The molecule has 0 saturated carbocycles. The molecular formula is C10H11BrN2S2. The van der Waals surface area contributed by atoms with Crippen molar-refractivity contribution in [2.75, 3.05) is 0 Å². The van der Waals surface area contributed by atoms with Crippen LogP contribution in [-0.4, -0.2) is 9.55 Å². The Kier molecular flexibility index (Phi) is 3.43. The fraction of sp³-hybridized carbons (Fsp3) is 0.300. The third kappa shape index (κ3) is 2.24. The molecule has 2 rings (SSSR count). The van der Waals surface area contributed by atoms with Crippen LogP contribution in [0.3, 0.4) is 0 Å². The molecule has 15 heavy (non-hydrogen) atoms. The van der Waals surface area contributed by atoms with Crippen molar-refractivity contribution in [1.29, 1.82) is 0 Å². The molecule has 0 aromatic carbocycles. The largest absolute Gasteiger partial charge is 0.337 e. The summed E-state index contributed by atoms with van der Waals surface area (Å²) in [7, 11) is 0. The van der Waals surface area contributed by atoms with Gasteiger partial charge in [-0.3, -0.25) is 0 Å². The van der Waals surface area contributed by atoms with Gasteiger partial charge in [-0.05, 0) is 46.0 Å². The Labute approximate surface area is 106 Å². The molecule has 2 aromatic heterocycles. The quantitative estimate of drug-likeness (QED) is 0.851. The summed E-state index contributed by atoms with van der Waals surface area (Å²) in [4.78, 5) is 4.39. The van der Waals surface area contributed by atoms with Crippen molar-refractivity contribution in [3.63, 3.8) is 0 Å². The van der Waals surface area contributed by atoms with Crippen LogP contribution in [0.25, 0.3) is 0 Å². The lowest BCUT2D eigenvalue weighted by atomic mass is 10.3. The number of rotatable bonds is 3. The molecule has 0 aliphatic heterocycles. The molecule has 0 aliphatic carbocycles. The minimum atomic E-state index is 0.798. The van der Waals surface area contributed by atoms with Crippen molar-refractivity contribution in [3.05, 3.63) is 37.5 Å². The van der Waals surface area contributed by atoms with Gasteiger partial charge in [0.05, 0.1) is 6.54 Å². The Bertz CT molecular complexity index is 509. The zero-order valence-electron chi connectivity index (χ0n) is 8.29. The molecule has 2 heterocycles. The van der Waals surface area contributed by atoms with Gasteiger partial charge >= 0.3 is 0 Å². The minimum absolute atomic E-state index is 0.798. The van der Waals surface area contributed by atoms with E-state index in [1.807, 2.05) is 6.20 Å². The molecule has 0 fully saturated rings. The van der Waals surface area contributed by atoms with Crippen molar-refractivity contribution in [3.8, 4) is 0 Å². The highest BCUT2D eigenvalue weighted by atomic mass is 79.9. The summed E-state index contributed by atoms with van der Waals surface area (Å²) in [5.74, 6) is 0. The van der Waals surface area contributed by atoms with E-state index in [1.165, 1.54) is 10.6 Å². The molecule has 80 valence electrons.